The molecule has 1 rings (SSSR count). The van der Waals surface area contributed by atoms with Crippen molar-refractivity contribution in [3.05, 3.63) is 23.5 Å². The molecule has 1 amide bonds. The number of rotatable bonds is 4. The van der Waals surface area contributed by atoms with Crippen LogP contribution in [0.4, 0.5) is 5.69 Å². The van der Waals surface area contributed by atoms with Gasteiger partial charge in [-0.1, -0.05) is 0 Å². The van der Waals surface area contributed by atoms with Crippen molar-refractivity contribution in [3.63, 3.8) is 0 Å². The van der Waals surface area contributed by atoms with Gasteiger partial charge in [0.25, 0.3) is 5.91 Å². The number of esters is 1. The van der Waals surface area contributed by atoms with Gasteiger partial charge in [0, 0.05) is 7.05 Å². The highest BCUT2D eigenvalue weighted by Gasteiger charge is 2.18. The van der Waals surface area contributed by atoms with Gasteiger partial charge < -0.3 is 15.4 Å². The third kappa shape index (κ3) is 3.44. The zero-order chi connectivity index (χ0) is 13.7. The van der Waals surface area contributed by atoms with Crippen molar-refractivity contribution in [2.45, 2.75) is 13.8 Å². The molecule has 0 fully saturated rings. The van der Waals surface area contributed by atoms with Gasteiger partial charge in [-0.05, 0) is 19.9 Å². The Balaban J connectivity index is 2.80. The van der Waals surface area contributed by atoms with Crippen LogP contribution >= 0.6 is 0 Å². The van der Waals surface area contributed by atoms with Crippen LogP contribution in [-0.4, -0.2) is 42.0 Å². The lowest BCUT2D eigenvalue weighted by molar-refractivity contribution is -0.143. The van der Waals surface area contributed by atoms with Crippen LogP contribution in [0.2, 0.25) is 0 Å². The molecule has 0 aliphatic rings. The summed E-state index contributed by atoms with van der Waals surface area (Å²) in [6.45, 7) is 3.62. The molecule has 0 spiro atoms. The van der Waals surface area contributed by atoms with E-state index in [0.717, 1.165) is 0 Å². The van der Waals surface area contributed by atoms with E-state index >= 15 is 0 Å². The molecule has 0 aliphatic heterocycles. The molecule has 1 aromatic heterocycles. The number of hydrogen-bond acceptors (Lipinski definition) is 5. The summed E-state index contributed by atoms with van der Waals surface area (Å²) in [4.78, 5) is 28.7. The van der Waals surface area contributed by atoms with Gasteiger partial charge in [-0.15, -0.1) is 0 Å². The molecular formula is C12H17N3O3. The fraction of sp³-hybridized carbons (Fsp3) is 0.417. The van der Waals surface area contributed by atoms with Crippen LogP contribution in [-0.2, 0) is 9.53 Å². The predicted molar refractivity (Wildman–Crippen MR) is 67.0 cm³/mol. The summed E-state index contributed by atoms with van der Waals surface area (Å²) in [5.74, 6) is -0.747. The molecule has 1 heterocycles. The van der Waals surface area contributed by atoms with Crippen molar-refractivity contribution in [1.29, 1.82) is 0 Å². The molecule has 98 valence electrons. The van der Waals surface area contributed by atoms with Crippen molar-refractivity contribution < 1.29 is 14.3 Å². The van der Waals surface area contributed by atoms with Crippen LogP contribution in [0.25, 0.3) is 0 Å². The zero-order valence-corrected chi connectivity index (χ0v) is 10.8. The molecular weight excluding hydrogens is 234 g/mol. The molecule has 0 unspecified atom stereocenters. The minimum Gasteiger partial charge on any atom is -0.465 e. The van der Waals surface area contributed by atoms with Crippen molar-refractivity contribution in [2.24, 2.45) is 0 Å². The average molecular weight is 251 g/mol. The van der Waals surface area contributed by atoms with Gasteiger partial charge in [0.1, 0.15) is 6.54 Å². The van der Waals surface area contributed by atoms with Crippen LogP contribution in [0.3, 0.4) is 0 Å². The maximum absolute atomic E-state index is 12.1. The largest absolute Gasteiger partial charge is 0.465 e. The lowest BCUT2D eigenvalue weighted by Gasteiger charge is -2.17. The van der Waals surface area contributed by atoms with Crippen molar-refractivity contribution in [2.75, 3.05) is 25.9 Å². The van der Waals surface area contributed by atoms with Gasteiger partial charge in [0.05, 0.1) is 29.7 Å². The Morgan fingerprint density at radius 1 is 1.50 bits per heavy atom. The van der Waals surface area contributed by atoms with E-state index in [9.17, 15) is 9.59 Å². The number of carbonyl (C=O) groups is 2. The van der Waals surface area contributed by atoms with Crippen LogP contribution in [0.5, 0.6) is 0 Å². The first-order valence-electron chi connectivity index (χ1n) is 5.59. The maximum atomic E-state index is 12.1. The number of nitrogen functional groups attached to an aromatic ring is 1. The summed E-state index contributed by atoms with van der Waals surface area (Å²) in [6, 6.07) is 1.55. The van der Waals surface area contributed by atoms with Crippen molar-refractivity contribution in [1.82, 2.24) is 9.88 Å². The number of hydrogen-bond donors (Lipinski definition) is 1. The number of nitrogens with zero attached hydrogens (tertiary/aromatic N) is 2. The van der Waals surface area contributed by atoms with E-state index in [4.69, 9.17) is 10.5 Å². The Kier molecular flexibility index (Phi) is 4.65. The predicted octanol–water partition coefficient (Wildman–Crippen LogP) is 0.607. The molecule has 0 saturated heterocycles. The van der Waals surface area contributed by atoms with E-state index in [2.05, 4.69) is 4.98 Å². The average Bonchev–Trinajstić information content (AvgIpc) is 2.31. The number of pyridine rings is 1. The van der Waals surface area contributed by atoms with E-state index in [1.54, 1.807) is 19.9 Å². The third-order valence-corrected chi connectivity index (χ3v) is 2.36. The Hall–Kier alpha value is -2.11. The zero-order valence-electron chi connectivity index (χ0n) is 10.8. The Morgan fingerprint density at radius 3 is 2.78 bits per heavy atom. The summed E-state index contributed by atoms with van der Waals surface area (Å²) in [5.41, 5.74) is 6.96. The molecule has 0 aromatic carbocycles. The standard InChI is InChI=1S/C12H17N3O3/c1-4-18-11(16)7-15(3)12(17)10-5-9(13)6-14-8(10)2/h5-6H,4,7,13H2,1-3H3. The fourth-order valence-corrected chi connectivity index (χ4v) is 1.44. The number of carbonyl (C=O) groups excluding carboxylic acids is 2. The van der Waals surface area contributed by atoms with Crippen molar-refractivity contribution in [3.8, 4) is 0 Å². The van der Waals surface area contributed by atoms with E-state index in [-0.39, 0.29) is 12.5 Å². The molecule has 2 N–H and O–H groups in total. The number of ether oxygens (including phenoxy) is 1. The quantitative estimate of drug-likeness (QED) is 0.792. The maximum Gasteiger partial charge on any atom is 0.325 e. The van der Waals surface area contributed by atoms with Gasteiger partial charge in [-0.2, -0.15) is 0 Å². The molecule has 18 heavy (non-hydrogen) atoms. The number of likely N-dealkylation sites (N-methyl/N-ethyl adjacent to an activating group) is 1. The Labute approximate surface area is 106 Å². The van der Waals surface area contributed by atoms with Crippen LogP contribution in [0, 0.1) is 6.92 Å². The van der Waals surface area contributed by atoms with E-state index < -0.39 is 5.97 Å². The van der Waals surface area contributed by atoms with Gasteiger partial charge in [0.15, 0.2) is 0 Å². The fourth-order valence-electron chi connectivity index (χ4n) is 1.44. The topological polar surface area (TPSA) is 85.5 Å². The number of aromatic nitrogens is 1. The molecule has 1 aromatic rings. The Bertz CT molecular complexity index is 460. The van der Waals surface area contributed by atoms with E-state index in [0.29, 0.717) is 23.6 Å². The highest BCUT2D eigenvalue weighted by Crippen LogP contribution is 2.11. The Morgan fingerprint density at radius 2 is 2.17 bits per heavy atom. The molecule has 0 radical (unpaired) electrons. The molecule has 0 saturated carbocycles. The highest BCUT2D eigenvalue weighted by molar-refractivity contribution is 5.97. The number of amides is 1. The first kappa shape index (κ1) is 14.0. The molecule has 0 aliphatic carbocycles. The third-order valence-electron chi connectivity index (χ3n) is 2.36. The van der Waals surface area contributed by atoms with Crippen molar-refractivity contribution >= 4 is 17.6 Å². The summed E-state index contributed by atoms with van der Waals surface area (Å²) in [5, 5.41) is 0. The van der Waals surface area contributed by atoms with Crippen LogP contribution in [0.15, 0.2) is 12.3 Å². The minimum absolute atomic E-state index is 0.0963. The SMILES string of the molecule is CCOC(=O)CN(C)C(=O)c1cc(N)cnc1C. The number of aryl methyl sites for hydroxylation is 1. The molecule has 6 nitrogen and oxygen atoms in total. The normalized spacial score (nSPS) is 9.94. The second-order valence-electron chi connectivity index (χ2n) is 3.87. The molecule has 0 bridgehead atoms. The van der Waals surface area contributed by atoms with Gasteiger partial charge >= 0.3 is 5.97 Å². The molecule has 6 heteroatoms. The van der Waals surface area contributed by atoms with Gasteiger partial charge in [0.2, 0.25) is 0 Å². The second kappa shape index (κ2) is 6.00. The summed E-state index contributed by atoms with van der Waals surface area (Å²) < 4.78 is 4.78. The summed E-state index contributed by atoms with van der Waals surface area (Å²) >= 11 is 0. The minimum atomic E-state index is -0.442. The second-order valence-corrected chi connectivity index (χ2v) is 3.87. The number of nitrogens with two attached hydrogens (primary N) is 1. The van der Waals surface area contributed by atoms with Crippen LogP contribution < -0.4 is 5.73 Å². The monoisotopic (exact) mass is 251 g/mol. The lowest BCUT2D eigenvalue weighted by atomic mass is 10.1. The van der Waals surface area contributed by atoms with E-state index in [1.165, 1.54) is 18.1 Å². The first-order chi connectivity index (χ1) is 8.45. The van der Waals surface area contributed by atoms with Gasteiger partial charge in [-0.25, -0.2) is 0 Å². The van der Waals surface area contributed by atoms with Gasteiger partial charge in [-0.3, -0.25) is 14.6 Å². The summed E-state index contributed by atoms with van der Waals surface area (Å²) in [7, 11) is 1.53. The first-order valence-corrected chi connectivity index (χ1v) is 5.59. The summed E-state index contributed by atoms with van der Waals surface area (Å²) in [6.07, 6.45) is 1.48. The van der Waals surface area contributed by atoms with E-state index in [1.807, 2.05) is 0 Å². The highest BCUT2D eigenvalue weighted by atomic mass is 16.5. The number of anilines is 1. The molecule has 0 atom stereocenters. The lowest BCUT2D eigenvalue weighted by Crippen LogP contribution is -2.33. The van der Waals surface area contributed by atoms with Crippen LogP contribution in [0.1, 0.15) is 23.0 Å². The smallest absolute Gasteiger partial charge is 0.325 e.